The van der Waals surface area contributed by atoms with Gasteiger partial charge < -0.3 is 20.4 Å². The Kier molecular flexibility index (Phi) is 8.73. The van der Waals surface area contributed by atoms with Gasteiger partial charge in [-0.15, -0.1) is 0 Å². The van der Waals surface area contributed by atoms with Crippen LogP contribution >= 0.6 is 0 Å². The van der Waals surface area contributed by atoms with Crippen LogP contribution in [0, 0.1) is 0 Å². The Labute approximate surface area is 110 Å². The zero-order valence-corrected chi connectivity index (χ0v) is 11.8. The van der Waals surface area contributed by atoms with Crippen molar-refractivity contribution < 1.29 is 20.4 Å². The number of hydrogen-bond donors (Lipinski definition) is 4. The lowest BCUT2D eigenvalue weighted by Crippen LogP contribution is -2.58. The van der Waals surface area contributed by atoms with E-state index in [1.54, 1.807) is 0 Å². The topological polar surface area (TPSA) is 84.2 Å². The van der Waals surface area contributed by atoms with Gasteiger partial charge in [-0.25, -0.2) is 0 Å². The highest BCUT2D eigenvalue weighted by Gasteiger charge is 2.35. The summed E-state index contributed by atoms with van der Waals surface area (Å²) in [6.07, 6.45) is 0.744. The second-order valence-corrected chi connectivity index (χ2v) is 4.92. The van der Waals surface area contributed by atoms with Crippen molar-refractivity contribution in [2.45, 2.75) is 57.8 Å². The van der Waals surface area contributed by atoms with Crippen LogP contribution in [0.5, 0.6) is 0 Å². The van der Waals surface area contributed by atoms with Gasteiger partial charge in [-0.1, -0.05) is 20.8 Å². The monoisotopic (exact) mass is 263 g/mol. The molecular formula is C13H29NO4. The molecule has 5 nitrogen and oxygen atoms in total. The minimum Gasteiger partial charge on any atom is -0.394 e. The molecule has 0 saturated heterocycles. The van der Waals surface area contributed by atoms with Gasteiger partial charge in [0.1, 0.15) is 0 Å². The molecule has 0 aromatic heterocycles. The molecule has 0 radical (unpaired) electrons. The maximum atomic E-state index is 9.78. The molecule has 0 fully saturated rings. The normalized spacial score (nSPS) is 16.0. The highest BCUT2D eigenvalue weighted by molar-refractivity contribution is 4.90. The van der Waals surface area contributed by atoms with Crippen LogP contribution in [-0.4, -0.2) is 69.4 Å². The standard InChI is InChI=1S/C13H29NO4/c1-4-11(17)7-14(8-12(18)5-2)13(6-3,9-15)10-16/h11-12,15-18H,4-10H2,1-3H3. The van der Waals surface area contributed by atoms with Crippen LogP contribution < -0.4 is 0 Å². The molecule has 0 spiro atoms. The molecule has 0 saturated carbocycles. The predicted molar refractivity (Wildman–Crippen MR) is 71.4 cm³/mol. The van der Waals surface area contributed by atoms with E-state index in [1.165, 1.54) is 0 Å². The van der Waals surface area contributed by atoms with E-state index in [2.05, 4.69) is 0 Å². The summed E-state index contributed by atoms with van der Waals surface area (Å²) in [6, 6.07) is 0. The summed E-state index contributed by atoms with van der Waals surface area (Å²) in [4.78, 5) is 1.81. The summed E-state index contributed by atoms with van der Waals surface area (Å²) in [6.45, 7) is 5.97. The number of β-amino-alcohol motifs (C(OH)–C–C–N with tert-alkyl or cyclic N) is 2. The molecule has 2 unspecified atom stereocenters. The lowest BCUT2D eigenvalue weighted by atomic mass is 9.94. The van der Waals surface area contributed by atoms with Crippen molar-refractivity contribution in [3.05, 3.63) is 0 Å². The first kappa shape index (κ1) is 17.8. The molecule has 0 aromatic carbocycles. The number of aliphatic hydroxyl groups is 4. The van der Waals surface area contributed by atoms with Gasteiger partial charge in [0.25, 0.3) is 0 Å². The Morgan fingerprint density at radius 3 is 1.50 bits per heavy atom. The predicted octanol–water partition coefficient (Wildman–Crippen LogP) is -0.0364. The van der Waals surface area contributed by atoms with Crippen LogP contribution in [0.4, 0.5) is 0 Å². The van der Waals surface area contributed by atoms with Crippen molar-refractivity contribution in [2.24, 2.45) is 0 Å². The smallest absolute Gasteiger partial charge is 0.0672 e. The summed E-state index contributed by atoms with van der Waals surface area (Å²) in [5.74, 6) is 0. The molecule has 2 atom stereocenters. The van der Waals surface area contributed by atoms with Crippen LogP contribution in [0.25, 0.3) is 0 Å². The quantitative estimate of drug-likeness (QED) is 0.445. The largest absolute Gasteiger partial charge is 0.394 e. The van der Waals surface area contributed by atoms with Crippen molar-refractivity contribution in [1.82, 2.24) is 4.90 Å². The van der Waals surface area contributed by atoms with Crippen molar-refractivity contribution >= 4 is 0 Å². The number of hydrogen-bond acceptors (Lipinski definition) is 5. The third kappa shape index (κ3) is 4.82. The van der Waals surface area contributed by atoms with E-state index in [0.717, 1.165) is 0 Å². The molecule has 18 heavy (non-hydrogen) atoms. The van der Waals surface area contributed by atoms with E-state index >= 15 is 0 Å². The Morgan fingerprint density at radius 2 is 1.28 bits per heavy atom. The molecule has 0 aromatic rings. The molecule has 5 heteroatoms. The van der Waals surface area contributed by atoms with Crippen LogP contribution in [0.1, 0.15) is 40.0 Å². The van der Waals surface area contributed by atoms with Gasteiger partial charge in [0.15, 0.2) is 0 Å². The average molecular weight is 263 g/mol. The summed E-state index contributed by atoms with van der Waals surface area (Å²) >= 11 is 0. The zero-order chi connectivity index (χ0) is 14.2. The van der Waals surface area contributed by atoms with Gasteiger partial charge in [-0.2, -0.15) is 0 Å². The van der Waals surface area contributed by atoms with Gasteiger partial charge in [0.2, 0.25) is 0 Å². The summed E-state index contributed by atoms with van der Waals surface area (Å²) in [5.41, 5.74) is -0.772. The van der Waals surface area contributed by atoms with Crippen molar-refractivity contribution in [1.29, 1.82) is 0 Å². The maximum absolute atomic E-state index is 9.78. The van der Waals surface area contributed by atoms with Crippen molar-refractivity contribution in [2.75, 3.05) is 26.3 Å². The van der Waals surface area contributed by atoms with Gasteiger partial charge in [-0.3, -0.25) is 4.90 Å². The zero-order valence-electron chi connectivity index (χ0n) is 11.8. The van der Waals surface area contributed by atoms with Crippen molar-refractivity contribution in [3.8, 4) is 0 Å². The summed E-state index contributed by atoms with van der Waals surface area (Å²) in [5, 5.41) is 38.7. The Balaban J connectivity index is 4.91. The van der Waals surface area contributed by atoms with E-state index in [4.69, 9.17) is 0 Å². The second-order valence-electron chi connectivity index (χ2n) is 4.92. The van der Waals surface area contributed by atoms with Crippen molar-refractivity contribution in [3.63, 3.8) is 0 Å². The fraction of sp³-hybridized carbons (Fsp3) is 1.00. The maximum Gasteiger partial charge on any atom is 0.0672 e. The third-order valence-electron chi connectivity index (χ3n) is 3.72. The van der Waals surface area contributed by atoms with E-state index in [0.29, 0.717) is 32.4 Å². The molecule has 0 amide bonds. The number of rotatable bonds is 10. The minimum absolute atomic E-state index is 0.188. The Hall–Kier alpha value is -0.200. The van der Waals surface area contributed by atoms with Gasteiger partial charge in [-0.05, 0) is 19.3 Å². The molecule has 0 aliphatic carbocycles. The molecule has 4 N–H and O–H groups in total. The molecule has 110 valence electrons. The molecule has 0 aliphatic rings. The minimum atomic E-state index is -0.772. The average Bonchev–Trinajstić information content (AvgIpc) is 2.40. The van der Waals surface area contributed by atoms with E-state index < -0.39 is 17.7 Å². The number of aliphatic hydroxyl groups excluding tert-OH is 4. The first-order valence-corrected chi connectivity index (χ1v) is 6.82. The first-order valence-electron chi connectivity index (χ1n) is 6.82. The lowest BCUT2D eigenvalue weighted by molar-refractivity contribution is -0.0560. The Morgan fingerprint density at radius 1 is 0.889 bits per heavy atom. The summed E-state index contributed by atoms with van der Waals surface area (Å²) in [7, 11) is 0. The Bertz CT molecular complexity index is 189. The molecule has 0 bridgehead atoms. The SMILES string of the molecule is CCC(O)CN(CC(O)CC)C(CC)(CO)CO. The van der Waals surface area contributed by atoms with Gasteiger partial charge in [0, 0.05) is 13.1 Å². The fourth-order valence-corrected chi connectivity index (χ4v) is 1.93. The van der Waals surface area contributed by atoms with E-state index in [9.17, 15) is 20.4 Å². The highest BCUT2D eigenvalue weighted by atomic mass is 16.3. The molecule has 0 aliphatic heterocycles. The van der Waals surface area contributed by atoms with E-state index in [1.807, 2.05) is 25.7 Å². The number of nitrogens with zero attached hydrogens (tertiary/aromatic N) is 1. The fourth-order valence-electron chi connectivity index (χ4n) is 1.93. The molecule has 0 rings (SSSR count). The summed E-state index contributed by atoms with van der Waals surface area (Å²) < 4.78 is 0. The van der Waals surface area contributed by atoms with Crippen LogP contribution in [0.2, 0.25) is 0 Å². The van der Waals surface area contributed by atoms with Crippen LogP contribution in [-0.2, 0) is 0 Å². The molecule has 0 heterocycles. The first-order chi connectivity index (χ1) is 8.49. The van der Waals surface area contributed by atoms with Crippen LogP contribution in [0.3, 0.4) is 0 Å². The lowest BCUT2D eigenvalue weighted by Gasteiger charge is -2.42. The van der Waals surface area contributed by atoms with E-state index in [-0.39, 0.29) is 13.2 Å². The van der Waals surface area contributed by atoms with Gasteiger partial charge in [0.05, 0.1) is 31.0 Å². The molecular weight excluding hydrogens is 234 g/mol. The second kappa shape index (κ2) is 8.82. The third-order valence-corrected chi connectivity index (χ3v) is 3.72. The highest BCUT2D eigenvalue weighted by Crippen LogP contribution is 2.21. The van der Waals surface area contributed by atoms with Crippen LogP contribution in [0.15, 0.2) is 0 Å². The van der Waals surface area contributed by atoms with Gasteiger partial charge >= 0.3 is 0 Å².